The van der Waals surface area contributed by atoms with E-state index in [1.54, 1.807) is 0 Å². The van der Waals surface area contributed by atoms with E-state index in [1.165, 1.54) is 75.3 Å². The van der Waals surface area contributed by atoms with Gasteiger partial charge in [0.05, 0.1) is 17.1 Å². The minimum absolute atomic E-state index is 0. The number of nitrogens with zero attached hydrogens (tertiary/aromatic N) is 1. The van der Waals surface area contributed by atoms with Crippen molar-refractivity contribution < 1.29 is 24.9 Å². The van der Waals surface area contributed by atoms with E-state index >= 15 is 0 Å². The molecule has 7 heteroatoms. The van der Waals surface area contributed by atoms with Gasteiger partial charge in [0.15, 0.2) is 0 Å². The first kappa shape index (κ1) is 51.6. The molecular weight excluding hydrogens is 805 g/mol. The van der Waals surface area contributed by atoms with Crippen LogP contribution in [0, 0.1) is 81.8 Å². The zero-order chi connectivity index (χ0) is 44.7. The average molecular weight is 897 g/mol. The van der Waals surface area contributed by atoms with E-state index in [-0.39, 0.29) is 37.5 Å². The van der Waals surface area contributed by atoms with Crippen LogP contribution in [0.5, 0.6) is 0 Å². The number of carbonyl (C=O) groups excluding carboxylic acids is 1. The highest BCUT2D eigenvalue weighted by Crippen LogP contribution is 2.66. The molecule has 364 valence electrons. The average Bonchev–Trinajstić information content (AvgIpc) is 3.80. The van der Waals surface area contributed by atoms with Gasteiger partial charge in [0.2, 0.25) is 5.91 Å². The molecule has 4 N–H and O–H groups in total. The highest BCUT2D eigenvalue weighted by molar-refractivity contribution is 5.80. The third kappa shape index (κ3) is 10.6. The van der Waals surface area contributed by atoms with Crippen molar-refractivity contribution in [2.24, 2.45) is 81.8 Å². The van der Waals surface area contributed by atoms with Crippen LogP contribution in [0.25, 0.3) is 0 Å². The summed E-state index contributed by atoms with van der Waals surface area (Å²) in [7, 11) is 3.95. The van der Waals surface area contributed by atoms with E-state index in [4.69, 9.17) is 0 Å². The van der Waals surface area contributed by atoms with E-state index in [2.05, 4.69) is 55.6 Å². The molecule has 2 aromatic carbocycles. The number of nitrogens with one attached hydrogen (secondary N) is 1. The number of carboxylic acid groups (broad SMARTS) is 1. The van der Waals surface area contributed by atoms with Crippen LogP contribution in [0.4, 0.5) is 0 Å². The Balaban J connectivity index is 0.000000181. The summed E-state index contributed by atoms with van der Waals surface area (Å²) in [6.07, 6.45) is 20.7. The van der Waals surface area contributed by atoms with Crippen molar-refractivity contribution in [2.75, 3.05) is 14.1 Å². The van der Waals surface area contributed by atoms with E-state index < -0.39 is 17.2 Å². The van der Waals surface area contributed by atoms with Crippen LogP contribution in [0.15, 0.2) is 60.7 Å². The first-order valence-corrected chi connectivity index (χ1v) is 25.7. The molecule has 8 aliphatic carbocycles. The second-order valence-electron chi connectivity index (χ2n) is 23.7. The third-order valence-electron chi connectivity index (χ3n) is 19.9. The Hall–Kier alpha value is -2.74. The lowest BCUT2D eigenvalue weighted by atomic mass is 9.49. The lowest BCUT2D eigenvalue weighted by Gasteiger charge is -2.57. The minimum Gasteiger partial charge on any atom is -0.481 e. The number of aliphatic hydroxyl groups is 2. The fourth-order valence-corrected chi connectivity index (χ4v) is 17.0. The molecule has 0 saturated heterocycles. The number of hydrogen-bond donors (Lipinski definition) is 4. The van der Waals surface area contributed by atoms with Crippen LogP contribution in [-0.2, 0) is 22.7 Å². The molecule has 0 radical (unpaired) electrons. The lowest BCUT2D eigenvalue weighted by Crippen LogP contribution is -2.51. The summed E-state index contributed by atoms with van der Waals surface area (Å²) in [4.78, 5) is 27.2. The number of hydrogen-bond acceptors (Lipinski definition) is 5. The number of aliphatic carboxylic acids is 1. The fraction of sp³-hybridized carbons (Fsp3) is 0.759. The van der Waals surface area contributed by atoms with Crippen molar-refractivity contribution in [3.05, 3.63) is 71.8 Å². The molecule has 2 aromatic rings. The molecule has 0 unspecified atom stereocenters. The number of carbonyl (C=O) groups is 2. The molecule has 10 rings (SSSR count). The van der Waals surface area contributed by atoms with Crippen LogP contribution in [0.2, 0.25) is 0 Å². The summed E-state index contributed by atoms with van der Waals surface area (Å²) in [5.74, 6) is 7.48. The fourth-order valence-electron chi connectivity index (χ4n) is 17.0. The topological polar surface area (TPSA) is 110 Å². The third-order valence-corrected chi connectivity index (χ3v) is 19.9. The predicted octanol–water partition coefficient (Wildman–Crippen LogP) is 12.4. The molecule has 0 aromatic heterocycles. The van der Waals surface area contributed by atoms with Crippen molar-refractivity contribution in [1.82, 2.24) is 10.2 Å². The number of rotatable bonds is 6. The maximum atomic E-state index is 13.6. The molecule has 1 amide bonds. The molecule has 8 fully saturated rings. The molecule has 0 spiro atoms. The van der Waals surface area contributed by atoms with Crippen molar-refractivity contribution >= 4 is 11.9 Å². The molecular formula is C58H92N2O5. The zero-order valence-electron chi connectivity index (χ0n) is 39.9. The molecule has 0 heterocycles. The van der Waals surface area contributed by atoms with Gasteiger partial charge in [0.1, 0.15) is 0 Å². The van der Waals surface area contributed by atoms with Gasteiger partial charge < -0.3 is 25.5 Å². The van der Waals surface area contributed by atoms with Gasteiger partial charge in [-0.1, -0.05) is 89.4 Å². The summed E-state index contributed by atoms with van der Waals surface area (Å²) in [5, 5.41) is 33.8. The largest absolute Gasteiger partial charge is 0.481 e. The highest BCUT2D eigenvalue weighted by atomic mass is 16.4. The first-order chi connectivity index (χ1) is 30.0. The molecule has 8 saturated carbocycles. The molecule has 16 atom stereocenters. The number of fused-ring (bicyclic) bond motifs is 10. The van der Waals surface area contributed by atoms with Crippen molar-refractivity contribution in [2.45, 2.75) is 182 Å². The predicted molar refractivity (Wildman–Crippen MR) is 266 cm³/mol. The lowest BCUT2D eigenvalue weighted by molar-refractivity contribution is -0.150. The van der Waals surface area contributed by atoms with Gasteiger partial charge in [0.25, 0.3) is 0 Å². The Labute approximate surface area is 395 Å². The minimum atomic E-state index is -0.559. The monoisotopic (exact) mass is 897 g/mol. The number of carboxylic acids is 1. The Bertz CT molecular complexity index is 1850. The van der Waals surface area contributed by atoms with E-state index in [0.29, 0.717) is 30.2 Å². The Morgan fingerprint density at radius 3 is 1.46 bits per heavy atom. The molecule has 0 bridgehead atoms. The van der Waals surface area contributed by atoms with Gasteiger partial charge in [-0.25, -0.2) is 0 Å². The number of benzene rings is 2. The number of amides is 1. The quantitative estimate of drug-likeness (QED) is 0.230. The molecule has 65 heavy (non-hydrogen) atoms. The van der Waals surface area contributed by atoms with Crippen molar-refractivity contribution in [1.29, 1.82) is 0 Å². The van der Waals surface area contributed by atoms with Gasteiger partial charge >= 0.3 is 5.97 Å². The SMILES string of the molecule is C.C.CN(Cc1ccccc1)C(=O)[C@H]1CC[C@H]2[C@@H]3CC[C@@H]4C[C@](C)(O)CC[C@@H]4[C@H]3CC[C@]12C.CNCc1ccccc1.C[C@@]1(O)CC[C@H]2[C@H](CC[C@@H]3[C@@H]2CC[C@]2(C)[C@@H](C(=O)O)CC[C@@H]32)C1. The first-order valence-electron chi connectivity index (χ1n) is 25.7. The van der Waals surface area contributed by atoms with E-state index in [0.717, 1.165) is 99.3 Å². The maximum Gasteiger partial charge on any atom is 0.307 e. The zero-order valence-corrected chi connectivity index (χ0v) is 39.9. The normalized spacial score (nSPS) is 42.0. The second kappa shape index (κ2) is 20.9. The summed E-state index contributed by atoms with van der Waals surface area (Å²) in [5.41, 5.74) is 1.88. The highest BCUT2D eigenvalue weighted by Gasteiger charge is 2.61. The summed E-state index contributed by atoms with van der Waals surface area (Å²) >= 11 is 0. The summed E-state index contributed by atoms with van der Waals surface area (Å²) < 4.78 is 0. The standard InChI is InChI=1S/C28H41NO2.C20H32O3.C8H11N.2CH4/c1-27(31)15-13-21-20(17-27)9-10-23-22(21)14-16-28(2)24(23)11-12-25(28)26(30)29(3)18-19-7-5-4-6-8-19;1-19(23)9-7-13-12(11-19)3-4-15-14(13)8-10-20(2)16(15)5-6-17(20)18(21)22;1-9-7-8-5-3-2-4-6-8;;/h4-8,20-25,31H,9-18H2,1-3H3;12-17,23H,3-11H2,1-2H3,(H,21,22);2-6,9H,7H2,1H3;2*1H4/t20-,21+,22-,23-,24+,25-,27-,28+;12-,13+,14-,15-,16+,17-,19-,20+;;;/m11.../s1. The second-order valence-corrected chi connectivity index (χ2v) is 23.7. The van der Waals surface area contributed by atoms with Gasteiger partial charge in [0, 0.05) is 26.1 Å². The van der Waals surface area contributed by atoms with E-state index in [1.807, 2.05) is 57.1 Å². The Morgan fingerprint density at radius 2 is 1.00 bits per heavy atom. The summed E-state index contributed by atoms with van der Waals surface area (Å²) in [6, 6.07) is 20.7. The smallest absolute Gasteiger partial charge is 0.307 e. The molecule has 8 aliphatic rings. The van der Waals surface area contributed by atoms with Crippen molar-refractivity contribution in [3.63, 3.8) is 0 Å². The van der Waals surface area contributed by atoms with Crippen LogP contribution < -0.4 is 5.32 Å². The van der Waals surface area contributed by atoms with Gasteiger partial charge in [-0.3, -0.25) is 9.59 Å². The maximum absolute atomic E-state index is 13.6. The van der Waals surface area contributed by atoms with Gasteiger partial charge in [-0.05, 0) is 218 Å². The van der Waals surface area contributed by atoms with E-state index in [9.17, 15) is 24.9 Å². The van der Waals surface area contributed by atoms with Crippen LogP contribution in [-0.4, -0.2) is 57.4 Å². The van der Waals surface area contributed by atoms with Crippen molar-refractivity contribution in [3.8, 4) is 0 Å². The van der Waals surface area contributed by atoms with Crippen LogP contribution >= 0.6 is 0 Å². The molecule has 0 aliphatic heterocycles. The Kier molecular flexibility index (Phi) is 16.6. The van der Waals surface area contributed by atoms with Gasteiger partial charge in [-0.15, -0.1) is 0 Å². The van der Waals surface area contributed by atoms with Gasteiger partial charge in [-0.2, -0.15) is 0 Å². The molecule has 7 nitrogen and oxygen atoms in total. The Morgan fingerprint density at radius 1 is 0.569 bits per heavy atom. The van der Waals surface area contributed by atoms with Crippen LogP contribution in [0.1, 0.15) is 169 Å². The van der Waals surface area contributed by atoms with Crippen LogP contribution in [0.3, 0.4) is 0 Å². The summed E-state index contributed by atoms with van der Waals surface area (Å²) in [6.45, 7) is 10.5.